The zero-order valence-corrected chi connectivity index (χ0v) is 10.5. The molecule has 1 unspecified atom stereocenters. The summed E-state index contributed by atoms with van der Waals surface area (Å²) in [5.74, 6) is -2.91. The van der Waals surface area contributed by atoms with Gasteiger partial charge in [0.25, 0.3) is 0 Å². The van der Waals surface area contributed by atoms with Crippen molar-refractivity contribution in [2.45, 2.75) is 38.5 Å². The van der Waals surface area contributed by atoms with Crippen LogP contribution in [-0.2, 0) is 0 Å². The van der Waals surface area contributed by atoms with Gasteiger partial charge in [0.1, 0.15) is 5.82 Å². The van der Waals surface area contributed by atoms with Gasteiger partial charge in [-0.2, -0.15) is 0 Å². The molecule has 1 aromatic rings. The molecule has 1 saturated carbocycles. The number of hydrogen-bond donors (Lipinski definition) is 1. The van der Waals surface area contributed by atoms with Gasteiger partial charge in [0, 0.05) is 19.4 Å². The number of aryl methyl sites for hydroxylation is 1. The van der Waals surface area contributed by atoms with E-state index < -0.39 is 5.92 Å². The predicted molar refractivity (Wildman–Crippen MR) is 66.5 cm³/mol. The number of benzene rings is 1. The number of rotatable bonds is 3. The first-order valence-electron chi connectivity index (χ1n) is 6.35. The van der Waals surface area contributed by atoms with Crippen LogP contribution in [0.3, 0.4) is 0 Å². The van der Waals surface area contributed by atoms with Gasteiger partial charge in [0.05, 0.1) is 5.69 Å². The number of anilines is 1. The van der Waals surface area contributed by atoms with E-state index in [-0.39, 0.29) is 24.6 Å². The number of alkyl halides is 2. The first-order chi connectivity index (χ1) is 8.48. The van der Waals surface area contributed by atoms with Gasteiger partial charge in [-0.05, 0) is 37.3 Å². The molecule has 18 heavy (non-hydrogen) atoms. The smallest absolute Gasteiger partial charge is 0.248 e. The molecule has 1 aliphatic carbocycles. The van der Waals surface area contributed by atoms with Gasteiger partial charge in [0.2, 0.25) is 5.92 Å². The molecule has 100 valence electrons. The van der Waals surface area contributed by atoms with Crippen molar-refractivity contribution in [3.05, 3.63) is 29.6 Å². The summed E-state index contributed by atoms with van der Waals surface area (Å²) in [7, 11) is 0. The molecule has 0 radical (unpaired) electrons. The highest BCUT2D eigenvalue weighted by molar-refractivity contribution is 5.47. The highest BCUT2D eigenvalue weighted by atomic mass is 19.3. The van der Waals surface area contributed by atoms with Crippen molar-refractivity contribution < 1.29 is 13.2 Å². The Morgan fingerprint density at radius 2 is 2.17 bits per heavy atom. The van der Waals surface area contributed by atoms with Crippen LogP contribution >= 0.6 is 0 Å². The monoisotopic (exact) mass is 257 g/mol. The molecule has 0 amide bonds. The third kappa shape index (κ3) is 3.18. The fourth-order valence-corrected chi connectivity index (χ4v) is 2.49. The Balaban J connectivity index is 1.93. The fourth-order valence-electron chi connectivity index (χ4n) is 2.49. The summed E-state index contributed by atoms with van der Waals surface area (Å²) in [6.45, 7) is 2.10. The average molecular weight is 257 g/mol. The van der Waals surface area contributed by atoms with Crippen molar-refractivity contribution in [2.75, 3.05) is 11.9 Å². The second kappa shape index (κ2) is 5.21. The van der Waals surface area contributed by atoms with Gasteiger partial charge in [-0.1, -0.05) is 12.1 Å². The highest BCUT2D eigenvalue weighted by Gasteiger charge is 2.35. The summed E-state index contributed by atoms with van der Waals surface area (Å²) in [5, 5.41) is 2.95. The summed E-state index contributed by atoms with van der Waals surface area (Å²) in [6.07, 6.45) is 1.24. The summed E-state index contributed by atoms with van der Waals surface area (Å²) < 4.78 is 40.1. The third-order valence-corrected chi connectivity index (χ3v) is 3.52. The van der Waals surface area contributed by atoms with Crippen LogP contribution in [0, 0.1) is 18.7 Å². The summed E-state index contributed by atoms with van der Waals surface area (Å²) in [6, 6.07) is 5.09. The zero-order chi connectivity index (χ0) is 13.2. The quantitative estimate of drug-likeness (QED) is 0.847. The molecule has 4 heteroatoms. The number of halogens is 3. The topological polar surface area (TPSA) is 12.0 Å². The minimum atomic E-state index is -2.55. The second-order valence-corrected chi connectivity index (χ2v) is 5.14. The normalized spacial score (nSPS) is 22.8. The summed E-state index contributed by atoms with van der Waals surface area (Å²) >= 11 is 0. The summed E-state index contributed by atoms with van der Waals surface area (Å²) in [5.41, 5.74) is 0.970. The first-order valence-corrected chi connectivity index (χ1v) is 6.35. The average Bonchev–Trinajstić information content (AvgIpc) is 2.30. The maximum Gasteiger partial charge on any atom is 0.248 e. The van der Waals surface area contributed by atoms with E-state index in [0.717, 1.165) is 6.42 Å². The van der Waals surface area contributed by atoms with Gasteiger partial charge in [-0.15, -0.1) is 0 Å². The lowest BCUT2D eigenvalue weighted by atomic mass is 9.86. The molecule has 0 spiro atoms. The van der Waals surface area contributed by atoms with Gasteiger partial charge < -0.3 is 5.32 Å². The molecule has 1 aromatic carbocycles. The van der Waals surface area contributed by atoms with E-state index in [1.54, 1.807) is 25.1 Å². The minimum Gasteiger partial charge on any atom is -0.382 e. The standard InChI is InChI=1S/C14H18F3N/c1-10-4-2-6-12(13(10)15)18-9-11-5-3-7-14(16,17)8-11/h2,4,6,11,18H,3,5,7-9H2,1H3. The molecular weight excluding hydrogens is 239 g/mol. The van der Waals surface area contributed by atoms with Crippen molar-refractivity contribution in [1.29, 1.82) is 0 Å². The fraction of sp³-hybridized carbons (Fsp3) is 0.571. The Kier molecular flexibility index (Phi) is 3.83. The largest absolute Gasteiger partial charge is 0.382 e. The molecule has 0 aromatic heterocycles. The predicted octanol–water partition coefficient (Wildman–Crippen LogP) is 4.37. The van der Waals surface area contributed by atoms with Crippen LogP contribution < -0.4 is 5.32 Å². The van der Waals surface area contributed by atoms with Crippen molar-refractivity contribution in [1.82, 2.24) is 0 Å². The molecule has 0 bridgehead atoms. The molecule has 1 fully saturated rings. The van der Waals surface area contributed by atoms with E-state index in [0.29, 0.717) is 24.2 Å². The van der Waals surface area contributed by atoms with Gasteiger partial charge >= 0.3 is 0 Å². The van der Waals surface area contributed by atoms with Crippen LogP contribution in [0.5, 0.6) is 0 Å². The van der Waals surface area contributed by atoms with E-state index in [1.165, 1.54) is 0 Å². The van der Waals surface area contributed by atoms with Gasteiger partial charge in [-0.3, -0.25) is 0 Å². The molecule has 0 saturated heterocycles. The zero-order valence-electron chi connectivity index (χ0n) is 10.5. The number of hydrogen-bond acceptors (Lipinski definition) is 1. The van der Waals surface area contributed by atoms with Crippen molar-refractivity contribution in [3.63, 3.8) is 0 Å². The molecule has 0 aliphatic heterocycles. The van der Waals surface area contributed by atoms with E-state index in [1.807, 2.05) is 0 Å². The molecule has 1 nitrogen and oxygen atoms in total. The lowest BCUT2D eigenvalue weighted by molar-refractivity contribution is -0.0502. The Morgan fingerprint density at radius 3 is 2.89 bits per heavy atom. The lowest BCUT2D eigenvalue weighted by Crippen LogP contribution is -2.30. The van der Waals surface area contributed by atoms with Crippen molar-refractivity contribution in [2.24, 2.45) is 5.92 Å². The molecule has 1 N–H and O–H groups in total. The van der Waals surface area contributed by atoms with E-state index >= 15 is 0 Å². The molecule has 0 heterocycles. The summed E-state index contributed by atoms with van der Waals surface area (Å²) in [4.78, 5) is 0. The van der Waals surface area contributed by atoms with Crippen LogP contribution in [0.15, 0.2) is 18.2 Å². The maximum atomic E-state index is 13.7. The molecule has 2 rings (SSSR count). The Hall–Kier alpha value is -1.19. The SMILES string of the molecule is Cc1cccc(NCC2CCCC(F)(F)C2)c1F. The van der Waals surface area contributed by atoms with Crippen LogP contribution in [0.25, 0.3) is 0 Å². The Morgan fingerprint density at radius 1 is 1.39 bits per heavy atom. The van der Waals surface area contributed by atoms with Crippen molar-refractivity contribution >= 4 is 5.69 Å². The number of nitrogens with one attached hydrogen (secondary N) is 1. The molecular formula is C14H18F3N. The first kappa shape index (κ1) is 13.2. The lowest BCUT2D eigenvalue weighted by Gasteiger charge is -2.29. The van der Waals surface area contributed by atoms with Crippen LogP contribution in [-0.4, -0.2) is 12.5 Å². The third-order valence-electron chi connectivity index (χ3n) is 3.52. The Labute approximate surface area is 105 Å². The van der Waals surface area contributed by atoms with Crippen molar-refractivity contribution in [3.8, 4) is 0 Å². The second-order valence-electron chi connectivity index (χ2n) is 5.14. The van der Waals surface area contributed by atoms with E-state index in [2.05, 4.69) is 5.32 Å². The highest BCUT2D eigenvalue weighted by Crippen LogP contribution is 2.36. The van der Waals surface area contributed by atoms with E-state index in [4.69, 9.17) is 0 Å². The maximum absolute atomic E-state index is 13.7. The van der Waals surface area contributed by atoms with Gasteiger partial charge in [0.15, 0.2) is 0 Å². The van der Waals surface area contributed by atoms with Crippen LogP contribution in [0.1, 0.15) is 31.2 Å². The minimum absolute atomic E-state index is 0.0116. The van der Waals surface area contributed by atoms with E-state index in [9.17, 15) is 13.2 Å². The Bertz CT molecular complexity index is 418. The van der Waals surface area contributed by atoms with Crippen LogP contribution in [0.4, 0.5) is 18.9 Å². The molecule has 1 atom stereocenters. The van der Waals surface area contributed by atoms with Crippen LogP contribution in [0.2, 0.25) is 0 Å². The van der Waals surface area contributed by atoms with Gasteiger partial charge in [-0.25, -0.2) is 13.2 Å². The molecule has 1 aliphatic rings.